The first-order valence-electron chi connectivity index (χ1n) is 11.2. The zero-order valence-electron chi connectivity index (χ0n) is 20.1. The van der Waals surface area contributed by atoms with E-state index in [1.54, 1.807) is 38.1 Å². The highest BCUT2D eigenvalue weighted by Gasteiger charge is 2.32. The minimum Gasteiger partial charge on any atom is -0.481 e. The van der Waals surface area contributed by atoms with Gasteiger partial charge in [-0.1, -0.05) is 44.2 Å². The number of rotatable bonds is 15. The number of aliphatic carboxylic acids is 2. The summed E-state index contributed by atoms with van der Waals surface area (Å²) in [4.78, 5) is 71.7. The number of carbonyl (C=O) groups excluding carboxylic acids is 4. The molecule has 0 aliphatic carbocycles. The number of benzene rings is 1. The molecule has 0 fully saturated rings. The van der Waals surface area contributed by atoms with Gasteiger partial charge in [0, 0.05) is 6.42 Å². The maximum atomic E-state index is 13.0. The Morgan fingerprint density at radius 3 is 1.94 bits per heavy atom. The molecule has 0 bridgehead atoms. The Bertz CT molecular complexity index is 953. The fourth-order valence-electron chi connectivity index (χ4n) is 3.22. The zero-order valence-corrected chi connectivity index (χ0v) is 20.1. The number of hydrogen-bond acceptors (Lipinski definition) is 7. The monoisotopic (exact) mass is 507 g/mol. The highest BCUT2D eigenvalue weighted by atomic mass is 16.4. The van der Waals surface area contributed by atoms with Crippen LogP contribution in [-0.4, -0.2) is 69.9 Å². The highest BCUT2D eigenvalue weighted by Crippen LogP contribution is 2.08. The van der Waals surface area contributed by atoms with E-state index in [-0.39, 0.29) is 19.3 Å². The molecule has 0 aromatic heterocycles. The second-order valence-corrected chi connectivity index (χ2v) is 8.59. The Hall–Kier alpha value is -4.00. The van der Waals surface area contributed by atoms with Crippen LogP contribution in [0.5, 0.6) is 0 Å². The summed E-state index contributed by atoms with van der Waals surface area (Å²) in [6.45, 7) is 3.30. The van der Waals surface area contributed by atoms with Crippen molar-refractivity contribution in [2.75, 3.05) is 0 Å². The van der Waals surface area contributed by atoms with Gasteiger partial charge in [0.05, 0.1) is 12.5 Å². The molecule has 13 nitrogen and oxygen atoms in total. The van der Waals surface area contributed by atoms with Crippen LogP contribution in [0.4, 0.5) is 0 Å². The first kappa shape index (κ1) is 30.0. The summed E-state index contributed by atoms with van der Waals surface area (Å²) in [5.74, 6) is -6.66. The van der Waals surface area contributed by atoms with Crippen molar-refractivity contribution in [1.29, 1.82) is 0 Å². The van der Waals surface area contributed by atoms with E-state index < -0.39 is 72.1 Å². The molecule has 0 saturated carbocycles. The molecule has 36 heavy (non-hydrogen) atoms. The highest BCUT2D eigenvalue weighted by molar-refractivity contribution is 5.95. The van der Waals surface area contributed by atoms with Crippen LogP contribution in [0.15, 0.2) is 30.3 Å². The van der Waals surface area contributed by atoms with Crippen molar-refractivity contribution in [1.82, 2.24) is 16.0 Å². The van der Waals surface area contributed by atoms with Gasteiger partial charge < -0.3 is 37.6 Å². The lowest BCUT2D eigenvalue weighted by molar-refractivity contribution is -0.147. The van der Waals surface area contributed by atoms with Crippen molar-refractivity contribution < 1.29 is 39.0 Å². The molecule has 198 valence electrons. The molecule has 4 unspecified atom stereocenters. The van der Waals surface area contributed by atoms with Gasteiger partial charge in [0.2, 0.25) is 23.6 Å². The predicted octanol–water partition coefficient (Wildman–Crippen LogP) is -1.51. The lowest BCUT2D eigenvalue weighted by Crippen LogP contribution is -2.58. The summed E-state index contributed by atoms with van der Waals surface area (Å²) in [5, 5.41) is 25.0. The van der Waals surface area contributed by atoms with Gasteiger partial charge in [-0.15, -0.1) is 0 Å². The Kier molecular flexibility index (Phi) is 12.0. The van der Waals surface area contributed by atoms with Crippen LogP contribution < -0.4 is 27.4 Å². The Labute approximate surface area is 208 Å². The van der Waals surface area contributed by atoms with E-state index in [2.05, 4.69) is 10.6 Å². The van der Waals surface area contributed by atoms with E-state index >= 15 is 0 Å². The van der Waals surface area contributed by atoms with Gasteiger partial charge in [-0.25, -0.2) is 4.79 Å². The summed E-state index contributed by atoms with van der Waals surface area (Å²) in [7, 11) is 0. The number of carboxylic acids is 2. The van der Waals surface area contributed by atoms with Crippen LogP contribution >= 0.6 is 0 Å². The molecule has 9 N–H and O–H groups in total. The van der Waals surface area contributed by atoms with E-state index in [1.807, 2.05) is 11.4 Å². The molecular formula is C23H33N5O8. The summed E-state index contributed by atoms with van der Waals surface area (Å²) >= 11 is 0. The average Bonchev–Trinajstić information content (AvgIpc) is 2.79. The molecule has 0 saturated heterocycles. The Morgan fingerprint density at radius 2 is 1.44 bits per heavy atom. The normalized spacial score (nSPS) is 14.1. The topological polar surface area (TPSA) is 231 Å². The Morgan fingerprint density at radius 1 is 0.861 bits per heavy atom. The van der Waals surface area contributed by atoms with E-state index in [1.165, 1.54) is 0 Å². The van der Waals surface area contributed by atoms with E-state index in [9.17, 15) is 33.9 Å². The van der Waals surface area contributed by atoms with Crippen molar-refractivity contribution in [3.8, 4) is 0 Å². The number of nitrogens with two attached hydrogens (primary N) is 2. The molecule has 0 radical (unpaired) electrons. The average molecular weight is 508 g/mol. The van der Waals surface area contributed by atoms with Crippen LogP contribution in [0, 0.1) is 5.92 Å². The molecule has 1 aromatic rings. The molecule has 1 rings (SSSR count). The third-order valence-electron chi connectivity index (χ3n) is 5.19. The number of amides is 4. The molecule has 4 amide bonds. The maximum absolute atomic E-state index is 13.0. The summed E-state index contributed by atoms with van der Waals surface area (Å²) in [6.07, 6.45) is -1.28. The van der Waals surface area contributed by atoms with E-state index in [0.29, 0.717) is 0 Å². The van der Waals surface area contributed by atoms with Crippen LogP contribution in [0.1, 0.15) is 38.7 Å². The summed E-state index contributed by atoms with van der Waals surface area (Å²) in [5.41, 5.74) is 11.9. The molecule has 4 atom stereocenters. The van der Waals surface area contributed by atoms with Crippen LogP contribution in [0.25, 0.3) is 0 Å². The SMILES string of the molecule is CC(C)C(NC(=O)C(N)Cc1ccccc1)C(=O)NC(CCC(N)=O)C(=O)NC(CC(=O)O)C(=O)O. The van der Waals surface area contributed by atoms with Crippen LogP contribution in [0.2, 0.25) is 0 Å². The van der Waals surface area contributed by atoms with Gasteiger partial charge in [0.15, 0.2) is 0 Å². The largest absolute Gasteiger partial charge is 0.481 e. The predicted molar refractivity (Wildman–Crippen MR) is 127 cm³/mol. The van der Waals surface area contributed by atoms with E-state index in [0.717, 1.165) is 5.56 Å². The fraction of sp³-hybridized carbons (Fsp3) is 0.478. The van der Waals surface area contributed by atoms with E-state index in [4.69, 9.17) is 16.6 Å². The van der Waals surface area contributed by atoms with Crippen molar-refractivity contribution >= 4 is 35.6 Å². The van der Waals surface area contributed by atoms with Crippen LogP contribution in [-0.2, 0) is 35.2 Å². The Balaban J connectivity index is 2.96. The fourth-order valence-corrected chi connectivity index (χ4v) is 3.22. The lowest BCUT2D eigenvalue weighted by Gasteiger charge is -2.26. The minimum atomic E-state index is -1.76. The number of carbonyl (C=O) groups is 6. The third-order valence-corrected chi connectivity index (χ3v) is 5.19. The molecule has 0 aliphatic rings. The minimum absolute atomic E-state index is 0.225. The second-order valence-electron chi connectivity index (χ2n) is 8.59. The number of primary amides is 1. The van der Waals surface area contributed by atoms with Gasteiger partial charge in [0.25, 0.3) is 0 Å². The maximum Gasteiger partial charge on any atom is 0.326 e. The molecule has 13 heteroatoms. The van der Waals surface area contributed by atoms with Gasteiger partial charge in [-0.05, 0) is 24.3 Å². The first-order chi connectivity index (χ1) is 16.8. The molecule has 1 aromatic carbocycles. The second kappa shape index (κ2) is 14.4. The first-order valence-corrected chi connectivity index (χ1v) is 11.2. The van der Waals surface area contributed by atoms with Gasteiger partial charge >= 0.3 is 11.9 Å². The van der Waals surface area contributed by atoms with Crippen molar-refractivity contribution in [2.45, 2.75) is 63.7 Å². The summed E-state index contributed by atoms with van der Waals surface area (Å²) < 4.78 is 0. The van der Waals surface area contributed by atoms with Gasteiger partial charge in [-0.2, -0.15) is 0 Å². The van der Waals surface area contributed by atoms with Crippen LogP contribution in [0.3, 0.4) is 0 Å². The molecule has 0 aliphatic heterocycles. The van der Waals surface area contributed by atoms with Crippen molar-refractivity contribution in [3.05, 3.63) is 35.9 Å². The molecule has 0 spiro atoms. The zero-order chi connectivity index (χ0) is 27.4. The number of hydrogen-bond donors (Lipinski definition) is 7. The lowest BCUT2D eigenvalue weighted by atomic mass is 10.0. The number of carboxylic acid groups (broad SMARTS) is 2. The van der Waals surface area contributed by atoms with Gasteiger partial charge in [0.1, 0.15) is 18.1 Å². The molecular weight excluding hydrogens is 474 g/mol. The molecule has 0 heterocycles. The van der Waals surface area contributed by atoms with Crippen molar-refractivity contribution in [3.63, 3.8) is 0 Å². The summed E-state index contributed by atoms with van der Waals surface area (Å²) in [6, 6.07) is 3.77. The quantitative estimate of drug-likeness (QED) is 0.146. The smallest absolute Gasteiger partial charge is 0.326 e. The van der Waals surface area contributed by atoms with Crippen molar-refractivity contribution in [2.24, 2.45) is 17.4 Å². The number of nitrogens with one attached hydrogen (secondary N) is 3. The third kappa shape index (κ3) is 10.5. The standard InChI is InChI=1S/C23H33N5O8/c1-12(2)19(28-20(32)14(24)10-13-6-4-3-5-7-13)22(34)26-15(8-9-17(25)29)21(33)27-16(23(35)36)11-18(30)31/h3-7,12,14-16,19H,8-11,24H2,1-2H3,(H2,25,29)(H,26,34)(H,27,33)(H,28,32)(H,30,31)(H,35,36). The van der Waals surface area contributed by atoms with Gasteiger partial charge in [-0.3, -0.25) is 24.0 Å².